The van der Waals surface area contributed by atoms with E-state index < -0.39 is 11.7 Å². The molecule has 5 N–H and O–H groups in total. The van der Waals surface area contributed by atoms with Crippen LogP contribution in [0.25, 0.3) is 5.82 Å². The van der Waals surface area contributed by atoms with Crippen LogP contribution in [0.2, 0.25) is 0 Å². The smallest absolute Gasteiger partial charge is 0.349 e. The number of aromatic amines is 1. The van der Waals surface area contributed by atoms with Crippen molar-refractivity contribution < 1.29 is 19.4 Å². The summed E-state index contributed by atoms with van der Waals surface area (Å²) < 4.78 is 12.4. The van der Waals surface area contributed by atoms with E-state index in [9.17, 15) is 4.79 Å². The van der Waals surface area contributed by atoms with Crippen LogP contribution in [0.15, 0.2) is 65.6 Å². The molecule has 0 fully saturated rings. The zero-order valence-corrected chi connectivity index (χ0v) is 21.2. The number of hydrogen-bond acceptors (Lipinski definition) is 8. The Labute approximate surface area is 218 Å². The summed E-state index contributed by atoms with van der Waals surface area (Å²) in [5.74, 6) is 0.910. The fraction of sp³-hybridized carbons (Fsp3) is 0.231. The van der Waals surface area contributed by atoms with Gasteiger partial charge in [-0.15, -0.1) is 10.2 Å². The molecule has 12 nitrogen and oxygen atoms in total. The van der Waals surface area contributed by atoms with Crippen molar-refractivity contribution in [2.45, 2.75) is 26.2 Å². The number of hydrogen-bond donors (Lipinski definition) is 4. The van der Waals surface area contributed by atoms with Crippen molar-refractivity contribution in [3.8, 4) is 17.3 Å². The molecule has 38 heavy (non-hydrogen) atoms. The van der Waals surface area contributed by atoms with Crippen LogP contribution in [0, 0.1) is 5.41 Å². The number of nitrogen functional groups attached to an aromatic ring is 1. The van der Waals surface area contributed by atoms with Gasteiger partial charge in [0, 0.05) is 30.7 Å². The number of aliphatic carboxylic acids is 1. The molecule has 2 aromatic carbocycles. The van der Waals surface area contributed by atoms with E-state index >= 15 is 0 Å². The molecule has 0 aliphatic carbocycles. The van der Waals surface area contributed by atoms with E-state index in [1.807, 2.05) is 37.3 Å². The Kier molecular flexibility index (Phi) is 9.30. The molecule has 0 aliphatic rings. The molecule has 0 radical (unpaired) electrons. The number of aromatic nitrogens is 5. The highest BCUT2D eigenvalue weighted by Gasteiger charge is 2.23. The third-order valence-electron chi connectivity index (χ3n) is 5.30. The lowest BCUT2D eigenvalue weighted by molar-refractivity contribution is -0.134. The molecule has 198 valence electrons. The number of nitrogens with one attached hydrogen (secondary N) is 2. The van der Waals surface area contributed by atoms with Crippen LogP contribution in [0.3, 0.4) is 0 Å². The van der Waals surface area contributed by atoms with E-state index in [4.69, 9.17) is 30.5 Å². The van der Waals surface area contributed by atoms with Crippen molar-refractivity contribution in [3.05, 3.63) is 93.8 Å². The van der Waals surface area contributed by atoms with Gasteiger partial charge in [0.15, 0.2) is 5.82 Å². The second-order valence-electron chi connectivity index (χ2n) is 8.07. The van der Waals surface area contributed by atoms with Gasteiger partial charge in [0.25, 0.3) is 5.97 Å². The maximum Gasteiger partial charge on any atom is 0.349 e. The first-order valence-electron chi connectivity index (χ1n) is 11.6. The average molecular weight is 520 g/mol. The van der Waals surface area contributed by atoms with Gasteiger partial charge in [-0.05, 0) is 48.7 Å². The van der Waals surface area contributed by atoms with Gasteiger partial charge in [0.1, 0.15) is 23.2 Å². The number of carboxylic acid groups (broad SMARTS) is 1. The van der Waals surface area contributed by atoms with E-state index in [1.165, 1.54) is 10.9 Å². The Hall–Kier alpha value is -5.00. The molecular formula is C26H29N7O5. The van der Waals surface area contributed by atoms with E-state index in [0.29, 0.717) is 41.7 Å². The van der Waals surface area contributed by atoms with E-state index in [1.54, 1.807) is 31.4 Å². The summed E-state index contributed by atoms with van der Waals surface area (Å²) in [5.41, 5.74) is 7.65. The maximum absolute atomic E-state index is 12.7. The molecule has 4 aromatic rings. The lowest BCUT2D eigenvalue weighted by Gasteiger charge is -2.18. The molecule has 0 saturated heterocycles. The third-order valence-corrected chi connectivity index (χ3v) is 5.30. The maximum atomic E-state index is 12.7. The van der Waals surface area contributed by atoms with Gasteiger partial charge in [-0.25, -0.2) is 4.79 Å². The lowest BCUT2D eigenvalue weighted by atomic mass is 9.90. The number of benzene rings is 2. The van der Waals surface area contributed by atoms with Crippen molar-refractivity contribution in [1.82, 2.24) is 25.0 Å². The van der Waals surface area contributed by atoms with Crippen molar-refractivity contribution in [2.24, 2.45) is 5.73 Å². The fourth-order valence-corrected chi connectivity index (χ4v) is 3.65. The first-order chi connectivity index (χ1) is 18.2. The SMILES string of the molecule is CC(=O)O.CCOc1cc(OC)cc(C(Cc2ccc(C(=N)N)cc2)c2nn(-c3cccnn3)c(=O)[nH]2)c1. The van der Waals surface area contributed by atoms with Crippen molar-refractivity contribution in [1.29, 1.82) is 5.41 Å². The predicted molar refractivity (Wildman–Crippen MR) is 140 cm³/mol. The van der Waals surface area contributed by atoms with E-state index in [-0.39, 0.29) is 11.8 Å². The molecule has 2 heterocycles. The van der Waals surface area contributed by atoms with Crippen molar-refractivity contribution >= 4 is 11.8 Å². The summed E-state index contributed by atoms with van der Waals surface area (Å²) in [6.07, 6.45) is 2.05. The minimum Gasteiger partial charge on any atom is -0.497 e. The van der Waals surface area contributed by atoms with Crippen molar-refractivity contribution in [2.75, 3.05) is 13.7 Å². The number of rotatable bonds is 9. The van der Waals surface area contributed by atoms with Crippen LogP contribution in [-0.2, 0) is 11.2 Å². The van der Waals surface area contributed by atoms with Gasteiger partial charge in [-0.3, -0.25) is 15.2 Å². The summed E-state index contributed by atoms with van der Waals surface area (Å²) in [7, 11) is 1.59. The molecule has 1 unspecified atom stereocenters. The third kappa shape index (κ3) is 7.26. The molecule has 12 heteroatoms. The van der Waals surface area contributed by atoms with Crippen LogP contribution in [-0.4, -0.2) is 55.6 Å². The minimum absolute atomic E-state index is 0.00398. The van der Waals surface area contributed by atoms with Gasteiger partial charge in [-0.1, -0.05) is 24.3 Å². The number of ether oxygens (including phenoxy) is 2. The Bertz CT molecular complexity index is 1430. The number of H-pyrrole nitrogens is 1. The fourth-order valence-electron chi connectivity index (χ4n) is 3.65. The van der Waals surface area contributed by atoms with Crippen LogP contribution >= 0.6 is 0 Å². The largest absolute Gasteiger partial charge is 0.497 e. The highest BCUT2D eigenvalue weighted by atomic mass is 16.5. The number of carboxylic acids is 1. The molecule has 0 amide bonds. The molecule has 2 aromatic heterocycles. The van der Waals surface area contributed by atoms with Crippen LogP contribution < -0.4 is 20.9 Å². The zero-order valence-electron chi connectivity index (χ0n) is 21.2. The van der Waals surface area contributed by atoms with Gasteiger partial charge in [0.2, 0.25) is 0 Å². The zero-order chi connectivity index (χ0) is 27.7. The van der Waals surface area contributed by atoms with Crippen LogP contribution in [0.1, 0.15) is 42.3 Å². The summed E-state index contributed by atoms with van der Waals surface area (Å²) in [6.45, 7) is 3.50. The topological polar surface area (TPSA) is 182 Å². The molecule has 0 bridgehead atoms. The summed E-state index contributed by atoms with van der Waals surface area (Å²) in [5, 5.41) is 27.4. The normalized spacial score (nSPS) is 11.1. The molecular weight excluding hydrogens is 490 g/mol. The van der Waals surface area contributed by atoms with Gasteiger partial charge < -0.3 is 20.3 Å². The molecule has 1 atom stereocenters. The van der Waals surface area contributed by atoms with Gasteiger partial charge >= 0.3 is 5.69 Å². The summed E-state index contributed by atoms with van der Waals surface area (Å²) >= 11 is 0. The molecule has 0 aliphatic heterocycles. The van der Waals surface area contributed by atoms with Crippen LogP contribution in [0.5, 0.6) is 11.5 Å². The van der Waals surface area contributed by atoms with Crippen LogP contribution in [0.4, 0.5) is 0 Å². The number of methoxy groups -OCH3 is 1. The quantitative estimate of drug-likeness (QED) is 0.191. The molecule has 4 rings (SSSR count). The Morgan fingerprint density at radius 3 is 2.45 bits per heavy atom. The first-order valence-corrected chi connectivity index (χ1v) is 11.6. The highest BCUT2D eigenvalue weighted by Crippen LogP contribution is 2.32. The van der Waals surface area contributed by atoms with E-state index in [2.05, 4.69) is 20.3 Å². The standard InChI is InChI=1S/C24H25N7O3.C2H4O2/c1-3-34-19-13-17(12-18(14-19)33-2)20(11-15-6-8-16(9-7-15)22(25)26)23-28-24(32)31(30-23)21-5-4-10-27-29-21;1-2(3)4/h4-10,12-14,20H,3,11H2,1-2H3,(H3,25,26)(H,28,30,32);1H3,(H,3,4). The Morgan fingerprint density at radius 1 is 1.18 bits per heavy atom. The summed E-state index contributed by atoms with van der Waals surface area (Å²) in [6, 6.07) is 16.4. The minimum atomic E-state index is -0.833. The van der Waals surface area contributed by atoms with Gasteiger partial charge in [0.05, 0.1) is 13.7 Å². The lowest BCUT2D eigenvalue weighted by Crippen LogP contribution is -2.17. The highest BCUT2D eigenvalue weighted by molar-refractivity contribution is 5.94. The average Bonchev–Trinajstić information content (AvgIpc) is 3.28. The Balaban J connectivity index is 0.000000934. The monoisotopic (exact) mass is 519 g/mol. The number of nitrogens with zero attached hydrogens (tertiary/aromatic N) is 4. The second kappa shape index (κ2) is 12.8. The molecule has 0 saturated carbocycles. The Morgan fingerprint density at radius 2 is 1.87 bits per heavy atom. The molecule has 0 spiro atoms. The summed E-state index contributed by atoms with van der Waals surface area (Å²) in [4.78, 5) is 24.6. The van der Waals surface area contributed by atoms with E-state index in [0.717, 1.165) is 18.1 Å². The number of carbonyl (C=O) groups is 1. The number of amidine groups is 1. The van der Waals surface area contributed by atoms with Crippen molar-refractivity contribution in [3.63, 3.8) is 0 Å². The first kappa shape index (κ1) is 27.6. The van der Waals surface area contributed by atoms with Gasteiger partial charge in [-0.2, -0.15) is 9.78 Å². The second-order valence-corrected chi connectivity index (χ2v) is 8.07. The predicted octanol–water partition coefficient (Wildman–Crippen LogP) is 2.51. The number of nitrogens with two attached hydrogens (primary N) is 1.